The van der Waals surface area contributed by atoms with Crippen LogP contribution in [-0.4, -0.2) is 10.8 Å². The second kappa shape index (κ2) is 10.6. The van der Waals surface area contributed by atoms with Crippen LogP contribution in [0, 0.1) is 21.4 Å². The molecule has 3 rings (SSSR count). The van der Waals surface area contributed by atoms with Gasteiger partial charge in [0.2, 0.25) is 0 Å². The van der Waals surface area contributed by atoms with Gasteiger partial charge >= 0.3 is 0 Å². The maximum absolute atomic E-state index is 12.4. The van der Waals surface area contributed by atoms with E-state index in [1.165, 1.54) is 18.2 Å². The summed E-state index contributed by atoms with van der Waals surface area (Å²) < 4.78 is 6.33. The number of nitro groups is 1. The van der Waals surface area contributed by atoms with Crippen molar-refractivity contribution < 1.29 is 14.5 Å². The van der Waals surface area contributed by atoms with Crippen LogP contribution in [0.15, 0.2) is 76.8 Å². The molecule has 7 nitrogen and oxygen atoms in total. The average Bonchev–Trinajstić information content (AvgIpc) is 2.78. The first-order chi connectivity index (χ1) is 15.4. The van der Waals surface area contributed by atoms with Crippen molar-refractivity contribution in [2.24, 2.45) is 0 Å². The number of benzene rings is 3. The summed E-state index contributed by atoms with van der Waals surface area (Å²) in [6, 6.07) is 19.9. The molecular formula is C23H15BrClN3O4. The van der Waals surface area contributed by atoms with Crippen molar-refractivity contribution in [1.82, 2.24) is 0 Å². The van der Waals surface area contributed by atoms with Crippen LogP contribution in [0.1, 0.15) is 11.1 Å². The monoisotopic (exact) mass is 511 g/mol. The number of rotatable bonds is 7. The third-order valence-electron chi connectivity index (χ3n) is 4.27. The van der Waals surface area contributed by atoms with Crippen molar-refractivity contribution in [2.75, 3.05) is 5.32 Å². The van der Waals surface area contributed by atoms with E-state index < -0.39 is 10.8 Å². The number of anilines is 1. The van der Waals surface area contributed by atoms with Crippen LogP contribution in [0.3, 0.4) is 0 Å². The highest BCUT2D eigenvalue weighted by molar-refractivity contribution is 9.10. The number of nitrogens with zero attached hydrogens (tertiary/aromatic N) is 2. The molecular weight excluding hydrogens is 498 g/mol. The van der Waals surface area contributed by atoms with Crippen LogP contribution in [0.2, 0.25) is 5.02 Å². The van der Waals surface area contributed by atoms with Crippen molar-refractivity contribution in [3.8, 4) is 11.8 Å². The Labute approximate surface area is 197 Å². The van der Waals surface area contributed by atoms with Crippen LogP contribution >= 0.6 is 27.5 Å². The zero-order valence-electron chi connectivity index (χ0n) is 16.4. The molecule has 0 radical (unpaired) electrons. The normalized spacial score (nSPS) is 10.8. The lowest BCUT2D eigenvalue weighted by Crippen LogP contribution is -2.13. The van der Waals surface area contributed by atoms with Crippen molar-refractivity contribution >= 4 is 50.9 Å². The highest BCUT2D eigenvalue weighted by Crippen LogP contribution is 2.28. The highest BCUT2D eigenvalue weighted by Gasteiger charge is 2.12. The van der Waals surface area contributed by atoms with E-state index in [9.17, 15) is 20.2 Å². The smallest absolute Gasteiger partial charge is 0.269 e. The molecule has 0 unspecified atom stereocenters. The second-order valence-corrected chi connectivity index (χ2v) is 7.77. The van der Waals surface area contributed by atoms with Crippen LogP contribution in [0.5, 0.6) is 5.75 Å². The van der Waals surface area contributed by atoms with E-state index in [0.717, 1.165) is 0 Å². The molecule has 0 fully saturated rings. The summed E-state index contributed by atoms with van der Waals surface area (Å²) >= 11 is 9.45. The maximum Gasteiger partial charge on any atom is 0.269 e. The number of non-ortho nitro benzene ring substituents is 1. The molecule has 0 saturated carbocycles. The largest absolute Gasteiger partial charge is 0.488 e. The van der Waals surface area contributed by atoms with E-state index in [1.54, 1.807) is 54.6 Å². The van der Waals surface area contributed by atoms with E-state index >= 15 is 0 Å². The second-order valence-electron chi connectivity index (χ2n) is 6.51. The van der Waals surface area contributed by atoms with Crippen LogP contribution in [-0.2, 0) is 11.4 Å². The Hall–Kier alpha value is -3.67. The third-order valence-corrected chi connectivity index (χ3v) is 5.22. The van der Waals surface area contributed by atoms with E-state index in [1.807, 2.05) is 6.07 Å². The number of hydrogen-bond donors (Lipinski definition) is 1. The Kier molecular flexibility index (Phi) is 7.60. The molecule has 0 bridgehead atoms. The van der Waals surface area contributed by atoms with Gasteiger partial charge in [-0.3, -0.25) is 14.9 Å². The first-order valence-electron chi connectivity index (χ1n) is 9.20. The van der Waals surface area contributed by atoms with Gasteiger partial charge in [-0.05, 0) is 57.4 Å². The zero-order chi connectivity index (χ0) is 23.1. The molecule has 3 aromatic rings. The number of nitrogens with one attached hydrogen (secondary N) is 1. The molecule has 0 spiro atoms. The number of amides is 1. The lowest BCUT2D eigenvalue weighted by atomic mass is 10.1. The van der Waals surface area contributed by atoms with Crippen molar-refractivity contribution in [3.63, 3.8) is 0 Å². The van der Waals surface area contributed by atoms with Gasteiger partial charge in [-0.1, -0.05) is 41.9 Å². The molecule has 0 heterocycles. The summed E-state index contributed by atoms with van der Waals surface area (Å²) in [6.07, 6.45) is 1.45. The standard InChI is InChI=1S/C23H15BrClN3O4/c24-19-12-15(10-17(13-26)23(29)27-21-7-2-1-6-20(21)25)8-9-22(19)32-14-16-4-3-5-18(11-16)28(30)31/h1-12H,14H2,(H,27,29)/b17-10+. The van der Waals surface area contributed by atoms with Gasteiger partial charge in [0.1, 0.15) is 24.0 Å². The van der Waals surface area contributed by atoms with Gasteiger partial charge in [0, 0.05) is 12.1 Å². The SMILES string of the molecule is N#C/C(=C\c1ccc(OCc2cccc([N+](=O)[O-])c2)c(Br)c1)C(=O)Nc1ccccc1Cl. The Bertz CT molecular complexity index is 1250. The van der Waals surface area contributed by atoms with Gasteiger partial charge in [0.25, 0.3) is 11.6 Å². The predicted octanol–water partition coefficient (Wildman–Crippen LogP) is 6.14. The van der Waals surface area contributed by atoms with Crippen molar-refractivity contribution in [2.45, 2.75) is 6.61 Å². The topological polar surface area (TPSA) is 105 Å². The first kappa shape index (κ1) is 23.0. The van der Waals surface area contributed by atoms with E-state index in [0.29, 0.717) is 32.1 Å². The van der Waals surface area contributed by atoms with Gasteiger partial charge in [-0.2, -0.15) is 5.26 Å². The third kappa shape index (κ3) is 5.94. The molecule has 0 atom stereocenters. The minimum absolute atomic E-state index is 0.00949. The Morgan fingerprint density at radius 1 is 1.19 bits per heavy atom. The summed E-state index contributed by atoms with van der Waals surface area (Å²) in [6.45, 7) is 0.138. The Balaban J connectivity index is 1.72. The number of halogens is 2. The summed E-state index contributed by atoms with van der Waals surface area (Å²) in [5.41, 5.74) is 1.56. The molecule has 0 aliphatic heterocycles. The lowest BCUT2D eigenvalue weighted by molar-refractivity contribution is -0.384. The molecule has 1 N–H and O–H groups in total. The average molecular weight is 513 g/mol. The molecule has 1 amide bonds. The van der Waals surface area contributed by atoms with Gasteiger partial charge in [0.15, 0.2) is 0 Å². The van der Waals surface area contributed by atoms with Crippen LogP contribution in [0.25, 0.3) is 6.08 Å². The van der Waals surface area contributed by atoms with Gasteiger partial charge in [0.05, 0.1) is 20.1 Å². The zero-order valence-corrected chi connectivity index (χ0v) is 18.8. The minimum Gasteiger partial charge on any atom is -0.488 e. The fraction of sp³-hybridized carbons (Fsp3) is 0.0435. The summed E-state index contributed by atoms with van der Waals surface area (Å²) in [5.74, 6) is -0.0737. The molecule has 160 valence electrons. The van der Waals surface area contributed by atoms with E-state index in [4.69, 9.17) is 16.3 Å². The Morgan fingerprint density at radius 2 is 1.97 bits per heavy atom. The summed E-state index contributed by atoms with van der Waals surface area (Å²) in [7, 11) is 0. The van der Waals surface area contributed by atoms with E-state index in [2.05, 4.69) is 21.2 Å². The number of carbonyl (C=O) groups excluding carboxylic acids is 1. The quantitative estimate of drug-likeness (QED) is 0.177. The predicted molar refractivity (Wildman–Crippen MR) is 125 cm³/mol. The molecule has 9 heteroatoms. The first-order valence-corrected chi connectivity index (χ1v) is 10.4. The van der Waals surface area contributed by atoms with Gasteiger partial charge in [-0.25, -0.2) is 0 Å². The lowest BCUT2D eigenvalue weighted by Gasteiger charge is -2.09. The van der Waals surface area contributed by atoms with Crippen LogP contribution in [0.4, 0.5) is 11.4 Å². The van der Waals surface area contributed by atoms with E-state index in [-0.39, 0.29) is 17.9 Å². The summed E-state index contributed by atoms with van der Waals surface area (Å²) in [4.78, 5) is 22.9. The highest BCUT2D eigenvalue weighted by atomic mass is 79.9. The molecule has 0 aliphatic rings. The number of carbonyl (C=O) groups is 1. The molecule has 0 saturated heterocycles. The fourth-order valence-corrected chi connectivity index (χ4v) is 3.41. The minimum atomic E-state index is -0.581. The van der Waals surface area contributed by atoms with Gasteiger partial charge < -0.3 is 10.1 Å². The van der Waals surface area contributed by atoms with Crippen molar-refractivity contribution in [1.29, 1.82) is 5.26 Å². The molecule has 3 aromatic carbocycles. The van der Waals surface area contributed by atoms with Crippen molar-refractivity contribution in [3.05, 3.63) is 103 Å². The summed E-state index contributed by atoms with van der Waals surface area (Å²) in [5, 5.41) is 23.3. The molecule has 0 aromatic heterocycles. The number of nitro benzene ring substituents is 1. The number of nitriles is 1. The van der Waals surface area contributed by atoms with Gasteiger partial charge in [-0.15, -0.1) is 0 Å². The number of para-hydroxylation sites is 1. The number of hydrogen-bond acceptors (Lipinski definition) is 5. The molecule has 32 heavy (non-hydrogen) atoms. The fourth-order valence-electron chi connectivity index (χ4n) is 2.71. The van der Waals surface area contributed by atoms with Crippen LogP contribution < -0.4 is 10.1 Å². The number of ether oxygens (including phenoxy) is 1. The maximum atomic E-state index is 12.4. The molecule has 0 aliphatic carbocycles. The Morgan fingerprint density at radius 3 is 2.66 bits per heavy atom.